The summed E-state index contributed by atoms with van der Waals surface area (Å²) in [6.45, 7) is 1.23. The highest BCUT2D eigenvalue weighted by atomic mass is 16.5. The maximum absolute atomic E-state index is 11.5. The minimum atomic E-state index is -0.199. The van der Waals surface area contributed by atoms with Gasteiger partial charge in [-0.2, -0.15) is 0 Å². The molecule has 108 valence electrons. The Labute approximate surface area is 116 Å². The Morgan fingerprint density at radius 1 is 1.55 bits per heavy atom. The largest absolute Gasteiger partial charge is 0.480 e. The van der Waals surface area contributed by atoms with Crippen molar-refractivity contribution in [3.8, 4) is 5.75 Å². The van der Waals surface area contributed by atoms with E-state index >= 15 is 0 Å². The molecule has 0 aliphatic rings. The minimum Gasteiger partial charge on any atom is -0.480 e. The quantitative estimate of drug-likeness (QED) is 0.692. The predicted octanol–water partition coefficient (Wildman–Crippen LogP) is -0.0656. The van der Waals surface area contributed by atoms with Crippen molar-refractivity contribution < 1.29 is 14.3 Å². The van der Waals surface area contributed by atoms with E-state index in [2.05, 4.69) is 10.3 Å². The lowest BCUT2D eigenvalue weighted by molar-refractivity contribution is -0.123. The number of methoxy groups -OCH3 is 1. The summed E-state index contributed by atoms with van der Waals surface area (Å²) < 4.78 is 12.2. The van der Waals surface area contributed by atoms with Crippen LogP contribution in [0.5, 0.6) is 5.75 Å². The van der Waals surface area contributed by atoms with Gasteiger partial charge in [0.25, 0.3) is 5.91 Å². The van der Waals surface area contributed by atoms with Crippen LogP contribution in [-0.4, -0.2) is 42.2 Å². The molecule has 0 saturated heterocycles. The summed E-state index contributed by atoms with van der Waals surface area (Å²) in [5.74, 6) is 0.351. The monoisotopic (exact) mass is 278 g/mol. The van der Waals surface area contributed by atoms with E-state index in [9.17, 15) is 4.79 Å². The molecule has 0 radical (unpaired) electrons. The van der Waals surface area contributed by atoms with Crippen molar-refractivity contribution in [3.05, 3.63) is 30.2 Å². The summed E-state index contributed by atoms with van der Waals surface area (Å²) in [5.41, 5.74) is 6.98. The first kappa shape index (κ1) is 14.3. The normalized spacial score (nSPS) is 10.7. The van der Waals surface area contributed by atoms with Gasteiger partial charge in [-0.25, -0.2) is 4.98 Å². The van der Waals surface area contributed by atoms with Crippen LogP contribution in [0.1, 0.15) is 5.69 Å². The molecule has 2 aromatic rings. The van der Waals surface area contributed by atoms with Gasteiger partial charge in [-0.3, -0.25) is 4.79 Å². The number of hydrogen-bond donors (Lipinski definition) is 2. The van der Waals surface area contributed by atoms with Crippen LogP contribution in [-0.2, 0) is 16.1 Å². The molecule has 0 unspecified atom stereocenters. The van der Waals surface area contributed by atoms with Gasteiger partial charge >= 0.3 is 0 Å². The summed E-state index contributed by atoms with van der Waals surface area (Å²) in [7, 11) is 1.58. The average Bonchev–Trinajstić information content (AvgIpc) is 2.89. The van der Waals surface area contributed by atoms with Gasteiger partial charge < -0.3 is 24.9 Å². The van der Waals surface area contributed by atoms with E-state index in [4.69, 9.17) is 15.2 Å². The van der Waals surface area contributed by atoms with Crippen molar-refractivity contribution >= 4 is 11.6 Å². The fraction of sp³-hybridized carbons (Fsp3) is 0.385. The van der Waals surface area contributed by atoms with Crippen molar-refractivity contribution in [1.82, 2.24) is 14.7 Å². The molecule has 0 bridgehead atoms. The number of nitrogens with one attached hydrogen (secondary N) is 1. The molecular weight excluding hydrogens is 260 g/mol. The summed E-state index contributed by atoms with van der Waals surface area (Å²) in [6, 6.07) is 3.60. The van der Waals surface area contributed by atoms with Crippen LogP contribution in [0.3, 0.4) is 0 Å². The molecule has 0 fully saturated rings. The van der Waals surface area contributed by atoms with E-state index in [1.165, 1.54) is 0 Å². The van der Waals surface area contributed by atoms with E-state index in [1.54, 1.807) is 13.2 Å². The zero-order valence-corrected chi connectivity index (χ0v) is 11.3. The molecule has 0 spiro atoms. The smallest absolute Gasteiger partial charge is 0.258 e. The predicted molar refractivity (Wildman–Crippen MR) is 73.5 cm³/mol. The van der Waals surface area contributed by atoms with Crippen LogP contribution >= 0.6 is 0 Å². The second-order valence-electron chi connectivity index (χ2n) is 4.17. The molecule has 2 rings (SSSR count). The van der Waals surface area contributed by atoms with Crippen LogP contribution in [0.4, 0.5) is 0 Å². The summed E-state index contributed by atoms with van der Waals surface area (Å²) in [4.78, 5) is 15.9. The van der Waals surface area contributed by atoms with Gasteiger partial charge in [-0.05, 0) is 12.1 Å². The first-order valence-corrected chi connectivity index (χ1v) is 6.29. The molecule has 7 heteroatoms. The van der Waals surface area contributed by atoms with Crippen molar-refractivity contribution in [3.63, 3.8) is 0 Å². The zero-order chi connectivity index (χ0) is 14.4. The third kappa shape index (κ3) is 3.46. The highest BCUT2D eigenvalue weighted by molar-refractivity contribution is 5.77. The number of imidazole rings is 1. The van der Waals surface area contributed by atoms with Crippen LogP contribution in [0.15, 0.2) is 24.5 Å². The molecule has 0 saturated carbocycles. The number of aromatic nitrogens is 2. The summed E-state index contributed by atoms with van der Waals surface area (Å²) >= 11 is 0. The van der Waals surface area contributed by atoms with Crippen molar-refractivity contribution in [2.45, 2.75) is 6.54 Å². The second kappa shape index (κ2) is 6.88. The number of amides is 1. The molecule has 1 amide bonds. The van der Waals surface area contributed by atoms with Crippen molar-refractivity contribution in [2.75, 3.05) is 26.9 Å². The standard InChI is InChI=1S/C13H18N4O3/c1-19-6-4-15-12(18)9-20-11-3-2-5-17-8-10(7-14)16-13(11)17/h2-3,5,8H,4,6-7,9,14H2,1H3,(H,15,18). The van der Waals surface area contributed by atoms with Crippen LogP contribution in [0, 0.1) is 0 Å². The molecule has 0 aromatic carbocycles. The Balaban J connectivity index is 1.99. The van der Waals surface area contributed by atoms with Gasteiger partial charge in [-0.1, -0.05) is 0 Å². The molecule has 20 heavy (non-hydrogen) atoms. The minimum absolute atomic E-state index is 0.0613. The van der Waals surface area contributed by atoms with E-state index in [1.807, 2.05) is 22.9 Å². The molecule has 7 nitrogen and oxygen atoms in total. The van der Waals surface area contributed by atoms with Gasteiger partial charge in [0.2, 0.25) is 0 Å². The second-order valence-corrected chi connectivity index (χ2v) is 4.17. The van der Waals surface area contributed by atoms with Gasteiger partial charge in [0.05, 0.1) is 12.3 Å². The van der Waals surface area contributed by atoms with E-state index in [0.717, 1.165) is 5.69 Å². The number of carbonyl (C=O) groups is 1. The Morgan fingerprint density at radius 3 is 3.15 bits per heavy atom. The lowest BCUT2D eigenvalue weighted by Gasteiger charge is -2.07. The number of ether oxygens (including phenoxy) is 2. The number of rotatable bonds is 7. The van der Waals surface area contributed by atoms with Crippen molar-refractivity contribution in [2.24, 2.45) is 5.73 Å². The number of nitrogens with two attached hydrogens (primary N) is 1. The Bertz CT molecular complexity index is 582. The van der Waals surface area contributed by atoms with Gasteiger partial charge in [-0.15, -0.1) is 0 Å². The highest BCUT2D eigenvalue weighted by Gasteiger charge is 2.08. The average molecular weight is 278 g/mol. The zero-order valence-electron chi connectivity index (χ0n) is 11.3. The number of pyridine rings is 1. The van der Waals surface area contributed by atoms with Crippen LogP contribution in [0.25, 0.3) is 5.65 Å². The fourth-order valence-electron chi connectivity index (χ4n) is 1.74. The molecule has 0 aliphatic heterocycles. The molecule has 3 N–H and O–H groups in total. The Kier molecular flexibility index (Phi) is 4.91. The summed E-state index contributed by atoms with van der Waals surface area (Å²) in [6.07, 6.45) is 3.69. The van der Waals surface area contributed by atoms with Gasteiger partial charge in [0, 0.05) is 32.6 Å². The maximum Gasteiger partial charge on any atom is 0.258 e. The third-order valence-corrected chi connectivity index (χ3v) is 2.69. The van der Waals surface area contributed by atoms with Gasteiger partial charge in [0.15, 0.2) is 18.0 Å². The lowest BCUT2D eigenvalue weighted by Crippen LogP contribution is -2.31. The van der Waals surface area contributed by atoms with E-state index in [0.29, 0.717) is 31.1 Å². The van der Waals surface area contributed by atoms with Gasteiger partial charge in [0.1, 0.15) is 0 Å². The first-order valence-electron chi connectivity index (χ1n) is 6.29. The first-order chi connectivity index (χ1) is 9.74. The Hall–Kier alpha value is -2.12. The topological polar surface area (TPSA) is 90.9 Å². The molecule has 2 aromatic heterocycles. The third-order valence-electron chi connectivity index (χ3n) is 2.69. The van der Waals surface area contributed by atoms with Crippen molar-refractivity contribution in [1.29, 1.82) is 0 Å². The fourth-order valence-corrected chi connectivity index (χ4v) is 1.74. The highest BCUT2D eigenvalue weighted by Crippen LogP contribution is 2.18. The number of nitrogens with zero attached hydrogens (tertiary/aromatic N) is 2. The lowest BCUT2D eigenvalue weighted by atomic mass is 10.4. The van der Waals surface area contributed by atoms with E-state index < -0.39 is 0 Å². The molecule has 0 atom stereocenters. The molecule has 2 heterocycles. The number of fused-ring (bicyclic) bond motifs is 1. The Morgan fingerprint density at radius 2 is 2.40 bits per heavy atom. The summed E-state index contributed by atoms with van der Waals surface area (Å²) in [5, 5.41) is 2.68. The number of hydrogen-bond acceptors (Lipinski definition) is 5. The maximum atomic E-state index is 11.5. The van der Waals surface area contributed by atoms with E-state index in [-0.39, 0.29) is 12.5 Å². The number of carbonyl (C=O) groups excluding carboxylic acids is 1. The molecular formula is C13H18N4O3. The van der Waals surface area contributed by atoms with Crippen LogP contribution in [0.2, 0.25) is 0 Å². The SMILES string of the molecule is COCCNC(=O)COc1cccn2cc(CN)nc12. The van der Waals surface area contributed by atoms with Crippen LogP contribution < -0.4 is 15.8 Å². The molecule has 0 aliphatic carbocycles.